The number of fused-ring (bicyclic) bond motifs is 1. The molecule has 25 heavy (non-hydrogen) atoms. The summed E-state index contributed by atoms with van der Waals surface area (Å²) >= 11 is 0. The summed E-state index contributed by atoms with van der Waals surface area (Å²) in [7, 11) is 0. The fraction of sp³-hybridized carbons (Fsp3) is 0.444. The molecule has 3 N–H and O–H groups in total. The van der Waals surface area contributed by atoms with Crippen molar-refractivity contribution in [3.05, 3.63) is 36.0 Å². The molecule has 2 atom stereocenters. The number of amides is 2. The first-order valence-electron chi connectivity index (χ1n) is 8.41. The topological polar surface area (TPSA) is 94.7 Å². The van der Waals surface area contributed by atoms with Crippen LogP contribution in [0.3, 0.4) is 0 Å². The van der Waals surface area contributed by atoms with Gasteiger partial charge in [-0.1, -0.05) is 25.1 Å². The predicted molar refractivity (Wildman–Crippen MR) is 92.7 cm³/mol. The van der Waals surface area contributed by atoms with E-state index in [2.05, 4.69) is 10.3 Å². The maximum Gasteiger partial charge on any atom is 0.334 e. The third-order valence-corrected chi connectivity index (χ3v) is 4.43. The number of rotatable bonds is 4. The SMILES string of the molecule is CCCNC(=O)N1[C@H](C(O)c2c[nH]c3ccccc23)C(=O)OC1(C)C. The molecule has 0 radical (unpaired) electrons. The van der Waals surface area contributed by atoms with E-state index in [1.54, 1.807) is 20.0 Å². The number of nitrogens with one attached hydrogen (secondary N) is 2. The Morgan fingerprint density at radius 2 is 2.16 bits per heavy atom. The Bertz CT molecular complexity index is 798. The lowest BCUT2D eigenvalue weighted by molar-refractivity contribution is -0.149. The number of H-pyrrole nitrogens is 1. The highest BCUT2D eigenvalue weighted by atomic mass is 16.6. The zero-order valence-corrected chi connectivity index (χ0v) is 14.6. The van der Waals surface area contributed by atoms with Gasteiger partial charge in [0, 0.05) is 29.2 Å². The van der Waals surface area contributed by atoms with Gasteiger partial charge in [-0.25, -0.2) is 9.59 Å². The van der Waals surface area contributed by atoms with Gasteiger partial charge >= 0.3 is 12.0 Å². The van der Waals surface area contributed by atoms with E-state index in [0.29, 0.717) is 12.1 Å². The molecule has 3 rings (SSSR count). The van der Waals surface area contributed by atoms with Gasteiger partial charge in [-0.2, -0.15) is 0 Å². The van der Waals surface area contributed by atoms with Gasteiger partial charge in [0.2, 0.25) is 0 Å². The number of ether oxygens (including phenoxy) is 1. The van der Waals surface area contributed by atoms with Gasteiger partial charge in [0.15, 0.2) is 11.8 Å². The zero-order chi connectivity index (χ0) is 18.2. The molecule has 2 aromatic rings. The molecule has 1 saturated heterocycles. The van der Waals surface area contributed by atoms with Gasteiger partial charge in [0.25, 0.3) is 0 Å². The Labute approximate surface area is 146 Å². The van der Waals surface area contributed by atoms with E-state index in [-0.39, 0.29) is 0 Å². The van der Waals surface area contributed by atoms with Crippen LogP contribution in [0.25, 0.3) is 10.9 Å². The average Bonchev–Trinajstić information content (AvgIpc) is 3.09. The van der Waals surface area contributed by atoms with Crippen molar-refractivity contribution in [1.29, 1.82) is 0 Å². The lowest BCUT2D eigenvalue weighted by Gasteiger charge is -2.33. The van der Waals surface area contributed by atoms with Crippen molar-refractivity contribution < 1.29 is 19.4 Å². The number of aliphatic hydroxyl groups is 1. The number of para-hydroxylation sites is 1. The van der Waals surface area contributed by atoms with Crippen LogP contribution in [0.2, 0.25) is 0 Å². The molecule has 2 heterocycles. The molecule has 7 nitrogen and oxygen atoms in total. The molecule has 0 bridgehead atoms. The van der Waals surface area contributed by atoms with Gasteiger partial charge in [0.05, 0.1) is 0 Å². The highest BCUT2D eigenvalue weighted by molar-refractivity contribution is 5.90. The lowest BCUT2D eigenvalue weighted by Crippen LogP contribution is -2.54. The molecule has 1 unspecified atom stereocenters. The first kappa shape index (κ1) is 17.3. The Morgan fingerprint density at radius 1 is 1.44 bits per heavy atom. The molecule has 1 aromatic heterocycles. The highest BCUT2D eigenvalue weighted by Crippen LogP contribution is 2.37. The largest absolute Gasteiger partial charge is 0.438 e. The van der Waals surface area contributed by atoms with Crippen LogP contribution in [0.5, 0.6) is 0 Å². The van der Waals surface area contributed by atoms with Crippen molar-refractivity contribution in [1.82, 2.24) is 15.2 Å². The van der Waals surface area contributed by atoms with Gasteiger partial charge < -0.3 is 20.1 Å². The van der Waals surface area contributed by atoms with Crippen LogP contribution in [0.1, 0.15) is 38.9 Å². The minimum atomic E-state index is -1.20. The van der Waals surface area contributed by atoms with Crippen molar-refractivity contribution >= 4 is 22.9 Å². The zero-order valence-electron chi connectivity index (χ0n) is 14.6. The van der Waals surface area contributed by atoms with E-state index >= 15 is 0 Å². The quantitative estimate of drug-likeness (QED) is 0.741. The van der Waals surface area contributed by atoms with E-state index in [4.69, 9.17) is 4.74 Å². The summed E-state index contributed by atoms with van der Waals surface area (Å²) in [6, 6.07) is 5.94. The second-order valence-electron chi connectivity index (χ2n) is 6.65. The van der Waals surface area contributed by atoms with Crippen LogP contribution in [0.15, 0.2) is 30.5 Å². The molecule has 134 valence electrons. The van der Waals surface area contributed by atoms with Crippen LogP contribution < -0.4 is 5.32 Å². The standard InChI is InChI=1S/C18H23N3O4/c1-4-9-19-17(24)21-14(16(23)25-18(21,2)3)15(22)12-10-20-13-8-6-5-7-11(12)13/h5-8,10,14-15,20,22H,4,9H2,1-3H3,(H,19,24)/t14-,15?/m1/s1. The first-order chi connectivity index (χ1) is 11.9. The number of carbonyl (C=O) groups excluding carboxylic acids is 2. The number of nitrogens with zero attached hydrogens (tertiary/aromatic N) is 1. The number of aromatic nitrogens is 1. The Hall–Kier alpha value is -2.54. The summed E-state index contributed by atoms with van der Waals surface area (Å²) in [5, 5.41) is 14.5. The van der Waals surface area contributed by atoms with Crippen molar-refractivity contribution in [2.75, 3.05) is 6.54 Å². The van der Waals surface area contributed by atoms with E-state index in [1.165, 1.54) is 4.90 Å². The summed E-state index contributed by atoms with van der Waals surface area (Å²) in [6.07, 6.45) is 1.23. The molecule has 0 saturated carbocycles. The van der Waals surface area contributed by atoms with Gasteiger partial charge in [-0.05, 0) is 26.3 Å². The Balaban J connectivity index is 1.97. The number of aromatic amines is 1. The molecule has 7 heteroatoms. The molecule has 0 aliphatic carbocycles. The third-order valence-electron chi connectivity index (χ3n) is 4.43. The summed E-state index contributed by atoms with van der Waals surface area (Å²) in [4.78, 5) is 29.4. The predicted octanol–water partition coefficient (Wildman–Crippen LogP) is 2.28. The van der Waals surface area contributed by atoms with Crippen LogP contribution in [-0.2, 0) is 9.53 Å². The number of hydrogen-bond donors (Lipinski definition) is 3. The van der Waals surface area contributed by atoms with E-state index in [0.717, 1.165) is 17.3 Å². The minimum absolute atomic E-state index is 0.429. The molecule has 2 amide bonds. The lowest BCUT2D eigenvalue weighted by atomic mass is 10.0. The summed E-state index contributed by atoms with van der Waals surface area (Å²) in [5.74, 6) is -0.616. The summed E-state index contributed by atoms with van der Waals surface area (Å²) in [5.41, 5.74) is 0.278. The number of urea groups is 1. The van der Waals surface area contributed by atoms with Crippen molar-refractivity contribution in [3.8, 4) is 0 Å². The van der Waals surface area contributed by atoms with Crippen molar-refractivity contribution in [2.45, 2.75) is 45.1 Å². The van der Waals surface area contributed by atoms with E-state index < -0.39 is 29.9 Å². The maximum atomic E-state index is 12.6. The Morgan fingerprint density at radius 3 is 2.88 bits per heavy atom. The number of benzene rings is 1. The van der Waals surface area contributed by atoms with Crippen LogP contribution >= 0.6 is 0 Å². The van der Waals surface area contributed by atoms with Gasteiger partial charge in [-0.15, -0.1) is 0 Å². The van der Waals surface area contributed by atoms with Gasteiger partial charge in [0.1, 0.15) is 6.10 Å². The first-order valence-corrected chi connectivity index (χ1v) is 8.41. The smallest absolute Gasteiger partial charge is 0.334 e. The summed E-state index contributed by atoms with van der Waals surface area (Å²) < 4.78 is 5.36. The normalized spacial score (nSPS) is 20.6. The molecule has 1 aliphatic heterocycles. The van der Waals surface area contributed by atoms with Crippen LogP contribution in [0.4, 0.5) is 4.79 Å². The second-order valence-corrected chi connectivity index (χ2v) is 6.65. The fourth-order valence-corrected chi connectivity index (χ4v) is 3.26. The summed E-state index contributed by atoms with van der Waals surface area (Å²) in [6.45, 7) is 5.70. The monoisotopic (exact) mass is 345 g/mol. The number of esters is 1. The molecular formula is C18H23N3O4. The van der Waals surface area contributed by atoms with Crippen LogP contribution in [0, 0.1) is 0 Å². The van der Waals surface area contributed by atoms with E-state index in [9.17, 15) is 14.7 Å². The highest BCUT2D eigenvalue weighted by Gasteiger charge is 2.53. The number of cyclic esters (lactones) is 1. The number of carbonyl (C=O) groups is 2. The van der Waals surface area contributed by atoms with Crippen molar-refractivity contribution in [3.63, 3.8) is 0 Å². The Kier molecular flexibility index (Phi) is 4.43. The van der Waals surface area contributed by atoms with Gasteiger partial charge in [-0.3, -0.25) is 4.90 Å². The minimum Gasteiger partial charge on any atom is -0.438 e. The molecular weight excluding hydrogens is 322 g/mol. The number of hydrogen-bond acceptors (Lipinski definition) is 4. The molecule has 1 fully saturated rings. The molecule has 1 aromatic carbocycles. The number of aliphatic hydroxyl groups excluding tert-OH is 1. The van der Waals surface area contributed by atoms with Crippen LogP contribution in [-0.4, -0.2) is 45.3 Å². The maximum absolute atomic E-state index is 12.6. The average molecular weight is 345 g/mol. The van der Waals surface area contributed by atoms with Crippen molar-refractivity contribution in [2.24, 2.45) is 0 Å². The molecule has 0 spiro atoms. The second kappa shape index (κ2) is 6.40. The fourth-order valence-electron chi connectivity index (χ4n) is 3.26. The molecule has 1 aliphatic rings. The third kappa shape index (κ3) is 2.95. The van der Waals surface area contributed by atoms with E-state index in [1.807, 2.05) is 31.2 Å².